The van der Waals surface area contributed by atoms with Crippen LogP contribution >= 0.6 is 0 Å². The predicted octanol–water partition coefficient (Wildman–Crippen LogP) is 1.79. The van der Waals surface area contributed by atoms with Gasteiger partial charge in [-0.3, -0.25) is 14.3 Å². The maximum atomic E-state index is 13.2. The highest BCUT2D eigenvalue weighted by Gasteiger charge is 2.25. The van der Waals surface area contributed by atoms with Gasteiger partial charge in [0, 0.05) is 17.6 Å². The van der Waals surface area contributed by atoms with Crippen molar-refractivity contribution in [3.05, 3.63) is 81.4 Å². The van der Waals surface area contributed by atoms with E-state index >= 15 is 0 Å². The molecule has 0 atom stereocenters. The van der Waals surface area contributed by atoms with Crippen LogP contribution in [0.1, 0.15) is 0 Å². The SMILES string of the molecule is O=C(Nc1ccc(N(c2c[nH]c(=O)[nH]c2=O)S(=O)(=O)O)cc1)Nc1cccc(F)c1. The molecule has 3 aromatic rings. The lowest BCUT2D eigenvalue weighted by Crippen LogP contribution is -2.33. The number of carbonyl (C=O) groups excluding carboxylic acids is 1. The Morgan fingerprint density at radius 3 is 2.30 bits per heavy atom. The third-order valence-corrected chi connectivity index (χ3v) is 4.56. The van der Waals surface area contributed by atoms with Crippen molar-refractivity contribution in [3.8, 4) is 0 Å². The van der Waals surface area contributed by atoms with Gasteiger partial charge in [-0.15, -0.1) is 0 Å². The highest BCUT2D eigenvalue weighted by molar-refractivity contribution is 7.87. The van der Waals surface area contributed by atoms with E-state index in [1.165, 1.54) is 42.5 Å². The maximum absolute atomic E-state index is 13.2. The van der Waals surface area contributed by atoms with Crippen LogP contribution < -0.4 is 26.2 Å². The molecular formula is C17H14FN5O6S. The summed E-state index contributed by atoms with van der Waals surface area (Å²) < 4.78 is 46.6. The van der Waals surface area contributed by atoms with Crippen LogP contribution in [0.3, 0.4) is 0 Å². The number of nitrogens with one attached hydrogen (secondary N) is 4. The fourth-order valence-corrected chi connectivity index (χ4v) is 3.26. The monoisotopic (exact) mass is 435 g/mol. The van der Waals surface area contributed by atoms with Crippen LogP contribution in [0, 0.1) is 5.82 Å². The highest BCUT2D eigenvalue weighted by Crippen LogP contribution is 2.26. The Labute approximate surface area is 168 Å². The zero-order chi connectivity index (χ0) is 21.9. The number of carbonyl (C=O) groups is 1. The molecule has 0 aliphatic rings. The maximum Gasteiger partial charge on any atom is 0.364 e. The van der Waals surface area contributed by atoms with Crippen molar-refractivity contribution in [2.24, 2.45) is 0 Å². The normalized spacial score (nSPS) is 11.0. The number of aromatic amines is 2. The second-order valence-corrected chi connectivity index (χ2v) is 7.10. The summed E-state index contributed by atoms with van der Waals surface area (Å²) in [5.74, 6) is -0.528. The van der Waals surface area contributed by atoms with Gasteiger partial charge < -0.3 is 15.6 Å². The summed E-state index contributed by atoms with van der Waals surface area (Å²) in [5.41, 5.74) is -2.15. The zero-order valence-corrected chi connectivity index (χ0v) is 15.7. The van der Waals surface area contributed by atoms with Gasteiger partial charge in [-0.2, -0.15) is 8.42 Å². The minimum Gasteiger partial charge on any atom is -0.312 e. The third kappa shape index (κ3) is 4.89. The summed E-state index contributed by atoms with van der Waals surface area (Å²) in [5, 5.41) is 4.87. The molecule has 30 heavy (non-hydrogen) atoms. The number of halogens is 1. The molecule has 0 aliphatic carbocycles. The van der Waals surface area contributed by atoms with E-state index in [1.807, 2.05) is 4.98 Å². The third-order valence-electron chi connectivity index (χ3n) is 3.69. The standard InChI is InChI=1S/C17H14FN5O6S/c18-10-2-1-3-12(8-10)21-17(26)20-11-4-6-13(7-5-11)23(30(27,28)29)14-9-19-16(25)22-15(14)24/h1-9H,(H2,20,21,26)(H,27,28,29)(H2,19,22,24,25). The van der Waals surface area contributed by atoms with E-state index < -0.39 is 39.1 Å². The van der Waals surface area contributed by atoms with Crippen molar-refractivity contribution in [1.29, 1.82) is 0 Å². The number of rotatable bonds is 5. The van der Waals surface area contributed by atoms with Gasteiger partial charge in [0.05, 0.1) is 5.69 Å². The predicted molar refractivity (Wildman–Crippen MR) is 107 cm³/mol. The number of hydrogen-bond donors (Lipinski definition) is 5. The molecule has 0 bridgehead atoms. The van der Waals surface area contributed by atoms with E-state index in [9.17, 15) is 31.7 Å². The van der Waals surface area contributed by atoms with Gasteiger partial charge in [0.15, 0.2) is 0 Å². The van der Waals surface area contributed by atoms with Crippen molar-refractivity contribution in [1.82, 2.24) is 9.97 Å². The Morgan fingerprint density at radius 2 is 1.70 bits per heavy atom. The molecule has 3 rings (SSSR count). The van der Waals surface area contributed by atoms with Crippen LogP contribution in [-0.2, 0) is 10.3 Å². The van der Waals surface area contributed by atoms with Crippen LogP contribution in [0.2, 0.25) is 0 Å². The van der Waals surface area contributed by atoms with E-state index in [0.717, 1.165) is 12.3 Å². The Kier molecular flexibility index (Phi) is 5.66. The minimum absolute atomic E-state index is 0.147. The lowest BCUT2D eigenvalue weighted by molar-refractivity contribution is 0.262. The average molecular weight is 435 g/mol. The molecule has 0 fully saturated rings. The van der Waals surface area contributed by atoms with Crippen LogP contribution in [-0.4, -0.2) is 29.0 Å². The molecule has 2 amide bonds. The lowest BCUT2D eigenvalue weighted by atomic mass is 10.2. The summed E-state index contributed by atoms with van der Waals surface area (Å²) >= 11 is 0. The van der Waals surface area contributed by atoms with Crippen LogP contribution in [0.15, 0.2) is 64.3 Å². The van der Waals surface area contributed by atoms with E-state index in [-0.39, 0.29) is 17.1 Å². The Balaban J connectivity index is 1.82. The van der Waals surface area contributed by atoms with Gasteiger partial charge >= 0.3 is 22.0 Å². The van der Waals surface area contributed by atoms with Crippen molar-refractivity contribution in [2.75, 3.05) is 14.9 Å². The van der Waals surface area contributed by atoms with Crippen LogP contribution in [0.4, 0.5) is 31.9 Å². The second kappa shape index (κ2) is 8.18. The first-order valence-electron chi connectivity index (χ1n) is 8.17. The molecule has 156 valence electrons. The summed E-state index contributed by atoms with van der Waals surface area (Å²) in [6.07, 6.45) is 0.827. The summed E-state index contributed by atoms with van der Waals surface area (Å²) in [7, 11) is -4.93. The van der Waals surface area contributed by atoms with Crippen molar-refractivity contribution in [3.63, 3.8) is 0 Å². The van der Waals surface area contributed by atoms with Crippen LogP contribution in [0.5, 0.6) is 0 Å². The molecule has 2 aromatic carbocycles. The first-order valence-corrected chi connectivity index (χ1v) is 9.56. The van der Waals surface area contributed by atoms with Gasteiger partial charge in [0.25, 0.3) is 5.56 Å². The summed E-state index contributed by atoms with van der Waals surface area (Å²) in [6.45, 7) is 0. The van der Waals surface area contributed by atoms with E-state index in [2.05, 4.69) is 15.6 Å². The molecule has 11 nitrogen and oxygen atoms in total. The Morgan fingerprint density at radius 1 is 1.03 bits per heavy atom. The number of benzene rings is 2. The molecule has 5 N–H and O–H groups in total. The van der Waals surface area contributed by atoms with Crippen molar-refractivity contribution in [2.45, 2.75) is 0 Å². The molecule has 0 radical (unpaired) electrons. The number of aromatic nitrogens is 2. The van der Waals surface area contributed by atoms with Crippen LogP contribution in [0.25, 0.3) is 0 Å². The molecule has 0 saturated heterocycles. The molecule has 1 aromatic heterocycles. The van der Waals surface area contributed by atoms with Gasteiger partial charge in [0.1, 0.15) is 11.5 Å². The molecule has 0 saturated carbocycles. The first-order chi connectivity index (χ1) is 14.1. The van der Waals surface area contributed by atoms with E-state index in [1.54, 1.807) is 0 Å². The Bertz CT molecular complexity index is 1300. The smallest absolute Gasteiger partial charge is 0.312 e. The largest absolute Gasteiger partial charge is 0.364 e. The molecule has 13 heteroatoms. The fourth-order valence-electron chi connectivity index (χ4n) is 2.49. The molecular weight excluding hydrogens is 421 g/mol. The topological polar surface area (TPSA) is 164 Å². The molecule has 0 aliphatic heterocycles. The quantitative estimate of drug-likeness (QED) is 0.383. The summed E-state index contributed by atoms with van der Waals surface area (Å²) in [4.78, 5) is 39.0. The van der Waals surface area contributed by atoms with Crippen molar-refractivity contribution < 1.29 is 22.2 Å². The van der Waals surface area contributed by atoms with E-state index in [0.29, 0.717) is 4.31 Å². The van der Waals surface area contributed by atoms with Gasteiger partial charge in [-0.1, -0.05) is 6.07 Å². The number of H-pyrrole nitrogens is 2. The molecule has 1 heterocycles. The average Bonchev–Trinajstić information content (AvgIpc) is 2.64. The lowest BCUT2D eigenvalue weighted by Gasteiger charge is -2.20. The highest BCUT2D eigenvalue weighted by atomic mass is 32.2. The van der Waals surface area contributed by atoms with E-state index in [4.69, 9.17) is 0 Å². The van der Waals surface area contributed by atoms with Gasteiger partial charge in [0.2, 0.25) is 0 Å². The number of nitrogens with zero attached hydrogens (tertiary/aromatic N) is 1. The first kappa shape index (κ1) is 20.8. The Hall–Kier alpha value is -3.97. The van der Waals surface area contributed by atoms with Gasteiger partial charge in [-0.25, -0.2) is 18.3 Å². The zero-order valence-electron chi connectivity index (χ0n) is 14.9. The number of urea groups is 1. The second-order valence-electron chi connectivity index (χ2n) is 5.84. The number of hydrogen-bond acceptors (Lipinski definition) is 5. The number of anilines is 4. The van der Waals surface area contributed by atoms with Crippen molar-refractivity contribution >= 4 is 39.1 Å². The molecule has 0 unspecified atom stereocenters. The fraction of sp³-hybridized carbons (Fsp3) is 0. The summed E-state index contributed by atoms with van der Waals surface area (Å²) in [6, 6.07) is 9.57. The molecule has 0 spiro atoms. The minimum atomic E-state index is -4.93. The number of amides is 2. The van der Waals surface area contributed by atoms with Gasteiger partial charge in [-0.05, 0) is 42.5 Å².